The zero-order valence-electron chi connectivity index (χ0n) is 13.6. The number of hydrogen-bond donors (Lipinski definition) is 1. The maximum Gasteiger partial charge on any atom is 0.271 e. The maximum absolute atomic E-state index is 12.6. The minimum Gasteiger partial charge on any atom is -0.375 e. The number of carbonyl (C=O) groups is 2. The van der Waals surface area contributed by atoms with Crippen LogP contribution in [0.25, 0.3) is 0 Å². The lowest BCUT2D eigenvalue weighted by molar-refractivity contribution is -0.0705. The van der Waals surface area contributed by atoms with Gasteiger partial charge < -0.3 is 9.64 Å². The molecule has 3 heterocycles. The monoisotopic (exact) mass is 356 g/mol. The van der Waals surface area contributed by atoms with Crippen LogP contribution in [0, 0.1) is 0 Å². The Morgan fingerprint density at radius 1 is 1.38 bits per heavy atom. The number of likely N-dealkylation sites (tertiary alicyclic amines) is 1. The first-order valence-corrected chi connectivity index (χ1v) is 9.56. The summed E-state index contributed by atoms with van der Waals surface area (Å²) >= 11 is 0. The number of hydrogen-bond acceptors (Lipinski definition) is 6. The van der Waals surface area contributed by atoms with Crippen molar-refractivity contribution in [3.8, 4) is 0 Å². The van der Waals surface area contributed by atoms with Gasteiger partial charge in [-0.25, -0.2) is 8.42 Å². The molecule has 1 N–H and O–H groups in total. The van der Waals surface area contributed by atoms with Crippen LogP contribution in [0.3, 0.4) is 0 Å². The van der Waals surface area contributed by atoms with Gasteiger partial charge in [-0.2, -0.15) is 9.40 Å². The van der Waals surface area contributed by atoms with Gasteiger partial charge >= 0.3 is 0 Å². The number of Topliss-reactive ketones (excluding diaryl/α,β-unsaturated/α-hetero) is 1. The fourth-order valence-corrected chi connectivity index (χ4v) is 4.32. The Kier molecular flexibility index (Phi) is 4.45. The summed E-state index contributed by atoms with van der Waals surface area (Å²) in [5, 5.41) is 6.39. The van der Waals surface area contributed by atoms with Gasteiger partial charge in [0.25, 0.3) is 5.91 Å². The molecule has 9 nitrogen and oxygen atoms in total. The van der Waals surface area contributed by atoms with Gasteiger partial charge in [0.15, 0.2) is 5.78 Å². The van der Waals surface area contributed by atoms with Crippen molar-refractivity contribution in [3.05, 3.63) is 17.5 Å². The summed E-state index contributed by atoms with van der Waals surface area (Å²) in [6.07, 6.45) is 1.53. The molecule has 2 saturated heterocycles. The molecule has 0 aliphatic carbocycles. The molecule has 2 aliphatic rings. The summed E-state index contributed by atoms with van der Waals surface area (Å²) in [4.78, 5) is 25.5. The van der Waals surface area contributed by atoms with Crippen LogP contribution in [0.1, 0.15) is 34.3 Å². The molecule has 1 aromatic rings. The molecule has 0 radical (unpaired) electrons. The number of sulfonamides is 1. The topological polar surface area (TPSA) is 113 Å². The minimum atomic E-state index is -3.37. The zero-order valence-corrected chi connectivity index (χ0v) is 14.4. The van der Waals surface area contributed by atoms with E-state index < -0.39 is 10.0 Å². The number of ether oxygens (including phenoxy) is 1. The lowest BCUT2D eigenvalue weighted by Crippen LogP contribution is -2.61. The molecule has 132 valence electrons. The highest BCUT2D eigenvalue weighted by molar-refractivity contribution is 7.88. The number of rotatable bonds is 3. The SMILES string of the molecule is CC(=O)c1cc(C(=O)N2CC[C@@H]3OCCN(S(C)(=O)=O)[C@H]3C2)[nH]n1. The van der Waals surface area contributed by atoms with Crippen LogP contribution in [0.15, 0.2) is 6.07 Å². The van der Waals surface area contributed by atoms with Crippen molar-refractivity contribution in [1.29, 1.82) is 0 Å². The van der Waals surface area contributed by atoms with Crippen LogP contribution in [-0.4, -0.2) is 84.2 Å². The molecule has 0 aromatic carbocycles. The summed E-state index contributed by atoms with van der Waals surface area (Å²) in [6.45, 7) is 2.75. The predicted octanol–water partition coefficient (Wildman–Crippen LogP) is -0.513. The Morgan fingerprint density at radius 3 is 2.75 bits per heavy atom. The third kappa shape index (κ3) is 3.21. The van der Waals surface area contributed by atoms with Crippen molar-refractivity contribution in [2.75, 3.05) is 32.5 Å². The number of morpholine rings is 1. The van der Waals surface area contributed by atoms with E-state index in [4.69, 9.17) is 4.74 Å². The van der Waals surface area contributed by atoms with Crippen molar-refractivity contribution in [3.63, 3.8) is 0 Å². The minimum absolute atomic E-state index is 0.201. The van der Waals surface area contributed by atoms with Gasteiger partial charge in [0.05, 0.1) is 25.0 Å². The first kappa shape index (κ1) is 17.1. The van der Waals surface area contributed by atoms with Crippen molar-refractivity contribution in [2.24, 2.45) is 0 Å². The van der Waals surface area contributed by atoms with E-state index in [1.165, 1.54) is 23.6 Å². The van der Waals surface area contributed by atoms with E-state index >= 15 is 0 Å². The Balaban J connectivity index is 1.78. The number of ketones is 1. The molecule has 0 unspecified atom stereocenters. The molecule has 0 bridgehead atoms. The van der Waals surface area contributed by atoms with Crippen molar-refractivity contribution >= 4 is 21.7 Å². The second-order valence-electron chi connectivity index (χ2n) is 6.11. The van der Waals surface area contributed by atoms with Crippen LogP contribution < -0.4 is 0 Å². The van der Waals surface area contributed by atoms with E-state index in [0.29, 0.717) is 26.1 Å². The highest BCUT2D eigenvalue weighted by Crippen LogP contribution is 2.25. The van der Waals surface area contributed by atoms with Gasteiger partial charge in [0, 0.05) is 26.6 Å². The molecular formula is C14H20N4O5S. The van der Waals surface area contributed by atoms with Crippen LogP contribution in [0.4, 0.5) is 0 Å². The lowest BCUT2D eigenvalue weighted by atomic mass is 10.0. The molecule has 3 rings (SSSR count). The molecule has 2 aliphatic heterocycles. The number of fused-ring (bicyclic) bond motifs is 1. The van der Waals surface area contributed by atoms with E-state index in [9.17, 15) is 18.0 Å². The molecule has 0 spiro atoms. The average Bonchev–Trinajstić information content (AvgIpc) is 3.02. The Morgan fingerprint density at radius 2 is 2.12 bits per heavy atom. The summed E-state index contributed by atoms with van der Waals surface area (Å²) in [6, 6.07) is 1.03. The summed E-state index contributed by atoms with van der Waals surface area (Å²) < 4.78 is 31.0. The molecule has 24 heavy (non-hydrogen) atoms. The molecule has 1 amide bonds. The second-order valence-corrected chi connectivity index (χ2v) is 8.05. The quantitative estimate of drug-likeness (QED) is 0.730. The fourth-order valence-electron chi connectivity index (χ4n) is 3.22. The van der Waals surface area contributed by atoms with Gasteiger partial charge in [0.1, 0.15) is 11.4 Å². The number of H-pyrrole nitrogens is 1. The number of carbonyl (C=O) groups excluding carboxylic acids is 2. The molecule has 1 aromatic heterocycles. The number of nitrogens with one attached hydrogen (secondary N) is 1. The Bertz CT molecular complexity index is 759. The largest absolute Gasteiger partial charge is 0.375 e. The van der Waals surface area contributed by atoms with Crippen LogP contribution >= 0.6 is 0 Å². The normalized spacial score (nSPS) is 25.3. The fraction of sp³-hybridized carbons (Fsp3) is 0.643. The molecule has 2 atom stereocenters. The van der Waals surface area contributed by atoms with Gasteiger partial charge in [-0.1, -0.05) is 0 Å². The number of piperidine rings is 1. The van der Waals surface area contributed by atoms with Gasteiger partial charge in [0.2, 0.25) is 10.0 Å². The number of aromatic amines is 1. The standard InChI is InChI=1S/C14H20N4O5S/c1-9(19)10-7-11(16-15-10)14(20)17-4-3-13-12(8-17)18(5-6-23-13)24(2,21)22/h7,12-13H,3-6,8H2,1-2H3,(H,15,16)/t12-,13-/m0/s1. The van der Waals surface area contributed by atoms with Crippen molar-refractivity contribution < 1.29 is 22.7 Å². The number of nitrogens with zero attached hydrogens (tertiary/aromatic N) is 3. The Labute approximate surface area is 140 Å². The van der Waals surface area contributed by atoms with Gasteiger partial charge in [-0.15, -0.1) is 0 Å². The lowest BCUT2D eigenvalue weighted by Gasteiger charge is -2.45. The van der Waals surface area contributed by atoms with E-state index in [1.54, 1.807) is 4.90 Å². The van der Waals surface area contributed by atoms with E-state index in [1.807, 2.05) is 0 Å². The Hall–Kier alpha value is -1.78. The predicted molar refractivity (Wildman–Crippen MR) is 84.2 cm³/mol. The maximum atomic E-state index is 12.6. The molecular weight excluding hydrogens is 336 g/mol. The molecule has 2 fully saturated rings. The third-order valence-corrected chi connectivity index (χ3v) is 5.72. The number of aromatic nitrogens is 2. The molecule has 0 saturated carbocycles. The highest BCUT2D eigenvalue weighted by Gasteiger charge is 2.42. The first-order chi connectivity index (χ1) is 11.3. The van der Waals surface area contributed by atoms with Crippen LogP contribution in [-0.2, 0) is 14.8 Å². The van der Waals surface area contributed by atoms with Gasteiger partial charge in [-0.05, 0) is 12.5 Å². The summed E-state index contributed by atoms with van der Waals surface area (Å²) in [5.74, 6) is -0.527. The first-order valence-electron chi connectivity index (χ1n) is 7.71. The average molecular weight is 356 g/mol. The van der Waals surface area contributed by atoms with Crippen molar-refractivity contribution in [2.45, 2.75) is 25.5 Å². The van der Waals surface area contributed by atoms with Gasteiger partial charge in [-0.3, -0.25) is 14.7 Å². The third-order valence-electron chi connectivity index (χ3n) is 4.42. The highest BCUT2D eigenvalue weighted by atomic mass is 32.2. The summed E-state index contributed by atoms with van der Waals surface area (Å²) in [5.41, 5.74) is 0.424. The van der Waals surface area contributed by atoms with Crippen molar-refractivity contribution in [1.82, 2.24) is 19.4 Å². The molecule has 10 heteroatoms. The summed E-state index contributed by atoms with van der Waals surface area (Å²) in [7, 11) is -3.37. The van der Waals surface area contributed by atoms with E-state index in [2.05, 4.69) is 10.2 Å². The smallest absolute Gasteiger partial charge is 0.271 e. The second kappa shape index (κ2) is 6.26. The number of amides is 1. The van der Waals surface area contributed by atoms with E-state index in [-0.39, 0.29) is 41.8 Å². The van der Waals surface area contributed by atoms with E-state index in [0.717, 1.165) is 0 Å². The van der Waals surface area contributed by atoms with Crippen LogP contribution in [0.5, 0.6) is 0 Å². The zero-order chi connectivity index (χ0) is 17.5. The van der Waals surface area contributed by atoms with Crippen LogP contribution in [0.2, 0.25) is 0 Å².